The Labute approximate surface area is 251 Å². The van der Waals surface area contributed by atoms with E-state index in [0.717, 1.165) is 74.0 Å². The second-order valence-corrected chi connectivity index (χ2v) is 12.6. The van der Waals surface area contributed by atoms with Gasteiger partial charge in [0.15, 0.2) is 23.0 Å². The Bertz CT molecular complexity index is 1360. The van der Waals surface area contributed by atoms with E-state index in [1.165, 1.54) is 5.56 Å². The normalized spacial score (nSPS) is 25.0. The number of ether oxygens (including phenoxy) is 4. The summed E-state index contributed by atoms with van der Waals surface area (Å²) in [5, 5.41) is 0.283. The summed E-state index contributed by atoms with van der Waals surface area (Å²) in [6.07, 6.45) is 4.44. The quantitative estimate of drug-likeness (QED) is 0.441. The summed E-state index contributed by atoms with van der Waals surface area (Å²) in [5.74, 6) is 3.16. The molecule has 3 fully saturated rings. The van der Waals surface area contributed by atoms with E-state index in [2.05, 4.69) is 11.0 Å². The highest BCUT2D eigenvalue weighted by atomic mass is 32.2. The second-order valence-electron chi connectivity index (χ2n) is 11.3. The van der Waals surface area contributed by atoms with Gasteiger partial charge in [0.25, 0.3) is 5.91 Å². The molecule has 224 valence electrons. The number of hydrogen-bond donors (Lipinski definition) is 0. The number of carbonyl (C=O) groups excluding carboxylic acids is 2. The van der Waals surface area contributed by atoms with Crippen molar-refractivity contribution in [2.45, 2.75) is 44.0 Å². The molecule has 0 aromatic heterocycles. The van der Waals surface area contributed by atoms with Crippen LogP contribution in [-0.4, -0.2) is 91.5 Å². The Hall–Kier alpha value is -3.37. The number of methoxy groups -OCH3 is 1. The molecule has 2 amide bonds. The maximum atomic E-state index is 13.6. The largest absolute Gasteiger partial charge is 0.493 e. The summed E-state index contributed by atoms with van der Waals surface area (Å²) in [6, 6.07) is 11.9. The van der Waals surface area contributed by atoms with Crippen molar-refractivity contribution in [3.05, 3.63) is 52.4 Å². The second kappa shape index (κ2) is 12.5. The van der Waals surface area contributed by atoms with Gasteiger partial charge in [0.2, 0.25) is 12.7 Å². The van der Waals surface area contributed by atoms with Crippen molar-refractivity contribution in [1.82, 2.24) is 14.7 Å². The van der Waals surface area contributed by atoms with E-state index in [1.807, 2.05) is 60.2 Å². The molecule has 2 aromatic rings. The Balaban J connectivity index is 1.04. The van der Waals surface area contributed by atoms with Crippen LogP contribution in [0, 0.1) is 5.92 Å². The lowest BCUT2D eigenvalue weighted by Crippen LogP contribution is -2.54. The standard InChI is InChI=1S/C32H39N3O6S/c1-4-39-25-8-5-21(15-27(25)38-3)17-30-32(37)33(2)24-18-23(7-10-29(24)42-30)31(36)35-13-11-34(12-14-35)19-22-6-9-26-28(16-22)41-20-40-26/h5-6,8-9,15-17,23-24,29H,4,7,10-14,18-20H2,1-3H3/b30-17+. The van der Waals surface area contributed by atoms with E-state index in [9.17, 15) is 9.59 Å². The average Bonchev–Trinajstić information content (AvgIpc) is 3.48. The van der Waals surface area contributed by atoms with Gasteiger partial charge in [-0.1, -0.05) is 12.1 Å². The van der Waals surface area contributed by atoms with Gasteiger partial charge in [0.05, 0.1) is 18.6 Å². The summed E-state index contributed by atoms with van der Waals surface area (Å²) < 4.78 is 22.1. The van der Waals surface area contributed by atoms with Crippen LogP contribution in [0.25, 0.3) is 6.08 Å². The molecule has 0 radical (unpaired) electrons. The molecule has 9 nitrogen and oxygen atoms in total. The molecule has 4 aliphatic rings. The summed E-state index contributed by atoms with van der Waals surface area (Å²) in [5.41, 5.74) is 2.09. The number of benzene rings is 2. The van der Waals surface area contributed by atoms with Crippen LogP contribution >= 0.6 is 11.8 Å². The topological polar surface area (TPSA) is 80.8 Å². The Kier molecular flexibility index (Phi) is 8.53. The van der Waals surface area contributed by atoms with Crippen LogP contribution in [0.1, 0.15) is 37.3 Å². The van der Waals surface area contributed by atoms with Gasteiger partial charge in [-0.3, -0.25) is 14.5 Å². The zero-order chi connectivity index (χ0) is 29.2. The number of amides is 2. The van der Waals surface area contributed by atoms with Gasteiger partial charge in [-0.25, -0.2) is 0 Å². The molecule has 2 saturated heterocycles. The number of nitrogens with zero attached hydrogens (tertiary/aromatic N) is 3. The van der Waals surface area contributed by atoms with Crippen LogP contribution in [0.5, 0.6) is 23.0 Å². The summed E-state index contributed by atoms with van der Waals surface area (Å²) >= 11 is 1.66. The molecular formula is C32H39N3O6S. The van der Waals surface area contributed by atoms with Gasteiger partial charge in [0.1, 0.15) is 0 Å². The van der Waals surface area contributed by atoms with Crippen molar-refractivity contribution in [3.8, 4) is 23.0 Å². The van der Waals surface area contributed by atoms with E-state index in [-0.39, 0.29) is 35.8 Å². The molecule has 0 spiro atoms. The molecule has 0 N–H and O–H groups in total. The molecule has 0 bridgehead atoms. The third-order valence-corrected chi connectivity index (χ3v) is 10.1. The van der Waals surface area contributed by atoms with E-state index >= 15 is 0 Å². The van der Waals surface area contributed by atoms with E-state index in [4.69, 9.17) is 18.9 Å². The molecule has 6 rings (SSSR count). The molecule has 2 aromatic carbocycles. The fourth-order valence-corrected chi connectivity index (χ4v) is 7.88. The molecule has 3 unspecified atom stereocenters. The smallest absolute Gasteiger partial charge is 0.260 e. The minimum atomic E-state index is -0.0385. The minimum absolute atomic E-state index is 0.0133. The predicted molar refractivity (Wildman–Crippen MR) is 162 cm³/mol. The van der Waals surface area contributed by atoms with Gasteiger partial charge in [0, 0.05) is 57.0 Å². The first kappa shape index (κ1) is 28.7. The zero-order valence-electron chi connectivity index (χ0n) is 24.5. The number of rotatable bonds is 7. The molecular weight excluding hydrogens is 554 g/mol. The van der Waals surface area contributed by atoms with Crippen LogP contribution < -0.4 is 18.9 Å². The van der Waals surface area contributed by atoms with Crippen LogP contribution in [0.4, 0.5) is 0 Å². The molecule has 3 atom stereocenters. The maximum absolute atomic E-state index is 13.6. The van der Waals surface area contributed by atoms with Crippen molar-refractivity contribution in [3.63, 3.8) is 0 Å². The van der Waals surface area contributed by atoms with Crippen LogP contribution in [0.3, 0.4) is 0 Å². The van der Waals surface area contributed by atoms with Crippen molar-refractivity contribution in [2.75, 3.05) is 53.7 Å². The SMILES string of the molecule is CCOc1ccc(/C=C2/SC3CCC(C(=O)N4CCN(Cc5ccc6c(c5)OCO6)CC4)CC3N(C)C2=O)cc1OC. The molecule has 1 aliphatic carbocycles. The van der Waals surface area contributed by atoms with Crippen LogP contribution in [0.2, 0.25) is 0 Å². The maximum Gasteiger partial charge on any atom is 0.260 e. The summed E-state index contributed by atoms with van der Waals surface area (Å²) in [7, 11) is 3.50. The zero-order valence-corrected chi connectivity index (χ0v) is 25.4. The summed E-state index contributed by atoms with van der Waals surface area (Å²) in [6.45, 7) is 6.76. The Morgan fingerprint density at radius 1 is 1.05 bits per heavy atom. The molecule has 3 heterocycles. The highest BCUT2D eigenvalue weighted by Gasteiger charge is 2.43. The first-order chi connectivity index (χ1) is 20.4. The number of fused-ring (bicyclic) bond motifs is 2. The monoisotopic (exact) mass is 593 g/mol. The molecule has 3 aliphatic heterocycles. The number of thioether (sulfide) groups is 1. The third kappa shape index (κ3) is 5.92. The first-order valence-electron chi connectivity index (χ1n) is 14.8. The van der Waals surface area contributed by atoms with Crippen LogP contribution in [0.15, 0.2) is 41.3 Å². The predicted octanol–water partition coefficient (Wildman–Crippen LogP) is 4.25. The van der Waals surface area contributed by atoms with E-state index in [1.54, 1.807) is 18.9 Å². The van der Waals surface area contributed by atoms with Crippen molar-refractivity contribution in [1.29, 1.82) is 0 Å². The van der Waals surface area contributed by atoms with E-state index < -0.39 is 0 Å². The Morgan fingerprint density at radius 3 is 2.64 bits per heavy atom. The van der Waals surface area contributed by atoms with Gasteiger partial charge >= 0.3 is 0 Å². The fraction of sp³-hybridized carbons (Fsp3) is 0.500. The number of likely N-dealkylation sites (N-methyl/N-ethyl adjacent to an activating group) is 1. The van der Waals surface area contributed by atoms with Crippen molar-refractivity contribution < 1.29 is 28.5 Å². The van der Waals surface area contributed by atoms with E-state index in [0.29, 0.717) is 18.1 Å². The molecule has 10 heteroatoms. The lowest BCUT2D eigenvalue weighted by atomic mass is 9.83. The molecule has 42 heavy (non-hydrogen) atoms. The molecule has 1 saturated carbocycles. The fourth-order valence-electron chi connectivity index (χ4n) is 6.40. The van der Waals surface area contributed by atoms with Gasteiger partial charge in [-0.05, 0) is 67.7 Å². The average molecular weight is 594 g/mol. The van der Waals surface area contributed by atoms with Crippen LogP contribution in [-0.2, 0) is 16.1 Å². The van der Waals surface area contributed by atoms with Crippen molar-refractivity contribution in [2.24, 2.45) is 5.92 Å². The lowest BCUT2D eigenvalue weighted by molar-refractivity contribution is -0.140. The number of piperazine rings is 1. The van der Waals surface area contributed by atoms with Gasteiger partial charge in [-0.2, -0.15) is 0 Å². The third-order valence-electron chi connectivity index (χ3n) is 8.72. The van der Waals surface area contributed by atoms with Gasteiger partial charge < -0.3 is 28.7 Å². The Morgan fingerprint density at radius 2 is 1.86 bits per heavy atom. The highest BCUT2D eigenvalue weighted by Crippen LogP contribution is 2.44. The van der Waals surface area contributed by atoms with Crippen molar-refractivity contribution >= 4 is 29.7 Å². The number of hydrogen-bond acceptors (Lipinski definition) is 8. The summed E-state index contributed by atoms with van der Waals surface area (Å²) in [4.78, 5) is 34.0. The minimum Gasteiger partial charge on any atom is -0.493 e. The highest BCUT2D eigenvalue weighted by molar-refractivity contribution is 8.04. The van der Waals surface area contributed by atoms with Gasteiger partial charge in [-0.15, -0.1) is 11.8 Å². The first-order valence-corrected chi connectivity index (χ1v) is 15.7. The lowest BCUT2D eigenvalue weighted by Gasteiger charge is -2.45. The number of carbonyl (C=O) groups is 2.